The van der Waals surface area contributed by atoms with E-state index in [0.29, 0.717) is 24.8 Å². The summed E-state index contributed by atoms with van der Waals surface area (Å²) in [5, 5.41) is 9.56. The molecule has 27 heavy (non-hydrogen) atoms. The van der Waals surface area contributed by atoms with Crippen molar-refractivity contribution in [2.75, 3.05) is 25.4 Å². The number of nitrogens with zero attached hydrogens (tertiary/aromatic N) is 3. The maximum Gasteiger partial charge on any atom is 0.227 e. The molecule has 0 saturated carbocycles. The third-order valence-corrected chi connectivity index (χ3v) is 7.17. The number of rotatable bonds is 11. The second-order valence-electron chi connectivity index (χ2n) is 8.29. The van der Waals surface area contributed by atoms with E-state index in [1.807, 2.05) is 4.57 Å². The van der Waals surface area contributed by atoms with Crippen LogP contribution in [-0.4, -0.2) is 53.4 Å². The Morgan fingerprint density at radius 2 is 1.96 bits per heavy atom. The summed E-state index contributed by atoms with van der Waals surface area (Å²) < 4.78 is 27.7. The van der Waals surface area contributed by atoms with Crippen molar-refractivity contribution in [1.29, 1.82) is 0 Å². The van der Waals surface area contributed by atoms with Crippen LogP contribution in [0.1, 0.15) is 65.0 Å². The Labute approximate surface area is 164 Å². The normalized spacial score (nSPS) is 17.1. The van der Waals surface area contributed by atoms with Gasteiger partial charge in [0, 0.05) is 19.7 Å². The smallest absolute Gasteiger partial charge is 0.227 e. The fourth-order valence-electron chi connectivity index (χ4n) is 3.65. The largest absolute Gasteiger partial charge is 0.396 e. The first-order valence-corrected chi connectivity index (χ1v) is 12.1. The van der Waals surface area contributed by atoms with Crippen LogP contribution in [-0.2, 0) is 22.9 Å². The lowest BCUT2D eigenvalue weighted by atomic mass is 9.98. The molecule has 7 heteroatoms. The van der Waals surface area contributed by atoms with Crippen molar-refractivity contribution in [3.63, 3.8) is 0 Å². The van der Waals surface area contributed by atoms with Gasteiger partial charge in [-0.3, -0.25) is 4.90 Å². The van der Waals surface area contributed by atoms with Gasteiger partial charge in [0.2, 0.25) is 15.0 Å². The summed E-state index contributed by atoms with van der Waals surface area (Å²) >= 11 is 0. The zero-order valence-electron chi connectivity index (χ0n) is 17.2. The maximum absolute atomic E-state index is 12.9. The molecule has 1 aliphatic heterocycles. The van der Waals surface area contributed by atoms with Gasteiger partial charge in [0.05, 0.1) is 17.6 Å². The SMILES string of the molecule is CCCCn1c(CN2CCC(CO)CC2)cnc1S(=O)(=O)CCCC(C)C. The van der Waals surface area contributed by atoms with Crippen LogP contribution < -0.4 is 0 Å². The highest BCUT2D eigenvalue weighted by Gasteiger charge is 2.25. The van der Waals surface area contributed by atoms with E-state index >= 15 is 0 Å². The molecule has 1 fully saturated rings. The number of aliphatic hydroxyl groups is 1. The van der Waals surface area contributed by atoms with Crippen LogP contribution in [0, 0.1) is 11.8 Å². The number of hydrogen-bond donors (Lipinski definition) is 1. The van der Waals surface area contributed by atoms with E-state index in [4.69, 9.17) is 0 Å². The van der Waals surface area contributed by atoms with Gasteiger partial charge in [-0.15, -0.1) is 0 Å². The maximum atomic E-state index is 12.9. The quantitative estimate of drug-likeness (QED) is 0.619. The highest BCUT2D eigenvalue weighted by Crippen LogP contribution is 2.21. The molecule has 0 aromatic carbocycles. The lowest BCUT2D eigenvalue weighted by molar-refractivity contribution is 0.125. The topological polar surface area (TPSA) is 75.4 Å². The predicted molar refractivity (Wildman–Crippen MR) is 108 cm³/mol. The second kappa shape index (κ2) is 10.6. The average Bonchev–Trinajstić information content (AvgIpc) is 3.03. The zero-order chi connectivity index (χ0) is 19.9. The molecule has 1 aliphatic rings. The minimum absolute atomic E-state index is 0.176. The van der Waals surface area contributed by atoms with E-state index in [1.54, 1.807) is 6.20 Å². The molecule has 1 aromatic heterocycles. The number of aliphatic hydroxyl groups excluding tert-OH is 1. The molecule has 0 aliphatic carbocycles. The van der Waals surface area contributed by atoms with Gasteiger partial charge in [0.1, 0.15) is 0 Å². The molecule has 0 spiro atoms. The van der Waals surface area contributed by atoms with Crippen LogP contribution in [0.5, 0.6) is 0 Å². The van der Waals surface area contributed by atoms with Crippen LogP contribution in [0.2, 0.25) is 0 Å². The number of aromatic nitrogens is 2. The third kappa shape index (κ3) is 6.57. The van der Waals surface area contributed by atoms with Crippen molar-refractivity contribution < 1.29 is 13.5 Å². The molecule has 2 rings (SSSR count). The number of piperidine rings is 1. The minimum atomic E-state index is -3.35. The van der Waals surface area contributed by atoms with Crippen LogP contribution in [0.25, 0.3) is 0 Å². The second-order valence-corrected chi connectivity index (χ2v) is 10.3. The number of unbranched alkanes of at least 4 members (excludes halogenated alkanes) is 1. The van der Waals surface area contributed by atoms with Crippen LogP contribution in [0.15, 0.2) is 11.4 Å². The predicted octanol–water partition coefficient (Wildman–Crippen LogP) is 3.10. The lowest BCUT2D eigenvalue weighted by Crippen LogP contribution is -2.35. The molecule has 0 bridgehead atoms. The first-order chi connectivity index (χ1) is 12.9. The van der Waals surface area contributed by atoms with Crippen LogP contribution in [0.4, 0.5) is 0 Å². The number of likely N-dealkylation sites (tertiary alicyclic amines) is 1. The molecule has 0 radical (unpaired) electrons. The molecule has 0 unspecified atom stereocenters. The first-order valence-electron chi connectivity index (χ1n) is 10.5. The number of imidazole rings is 1. The summed E-state index contributed by atoms with van der Waals surface area (Å²) in [5.41, 5.74) is 0.994. The van der Waals surface area contributed by atoms with Crippen molar-refractivity contribution >= 4 is 9.84 Å². The van der Waals surface area contributed by atoms with E-state index in [2.05, 4.69) is 30.7 Å². The minimum Gasteiger partial charge on any atom is -0.396 e. The molecule has 1 aromatic rings. The lowest BCUT2D eigenvalue weighted by Gasteiger charge is -2.31. The van der Waals surface area contributed by atoms with Gasteiger partial charge in [-0.1, -0.05) is 27.2 Å². The van der Waals surface area contributed by atoms with E-state index in [1.165, 1.54) is 0 Å². The third-order valence-electron chi connectivity index (χ3n) is 5.46. The van der Waals surface area contributed by atoms with E-state index in [0.717, 1.165) is 57.4 Å². The summed E-state index contributed by atoms with van der Waals surface area (Å²) in [5.74, 6) is 1.09. The summed E-state index contributed by atoms with van der Waals surface area (Å²) in [6.45, 7) is 9.95. The first kappa shape index (κ1) is 22.4. The summed E-state index contributed by atoms with van der Waals surface area (Å²) in [6, 6.07) is 0. The molecule has 6 nitrogen and oxygen atoms in total. The van der Waals surface area contributed by atoms with E-state index < -0.39 is 9.84 Å². The molecule has 156 valence electrons. The highest BCUT2D eigenvalue weighted by molar-refractivity contribution is 7.91. The Kier molecular flexibility index (Phi) is 8.76. The Hall–Kier alpha value is -0.920. The summed E-state index contributed by atoms with van der Waals surface area (Å²) in [6.07, 6.45) is 7.33. The molecule has 1 N–H and O–H groups in total. The fourth-order valence-corrected chi connectivity index (χ4v) is 5.14. The Morgan fingerprint density at radius 1 is 1.26 bits per heavy atom. The Morgan fingerprint density at radius 3 is 2.56 bits per heavy atom. The summed E-state index contributed by atoms with van der Waals surface area (Å²) in [7, 11) is -3.35. The monoisotopic (exact) mass is 399 g/mol. The number of sulfone groups is 1. The average molecular weight is 400 g/mol. The molecule has 0 atom stereocenters. The van der Waals surface area contributed by atoms with Crippen molar-refractivity contribution in [2.45, 2.75) is 77.5 Å². The molecule has 2 heterocycles. The zero-order valence-corrected chi connectivity index (χ0v) is 18.0. The fraction of sp³-hybridized carbons (Fsp3) is 0.850. The molecule has 1 saturated heterocycles. The Bertz CT molecular complexity index is 662. The van der Waals surface area contributed by atoms with Gasteiger partial charge >= 0.3 is 0 Å². The Balaban J connectivity index is 2.11. The van der Waals surface area contributed by atoms with Crippen molar-refractivity contribution in [3.05, 3.63) is 11.9 Å². The van der Waals surface area contributed by atoms with Gasteiger partial charge in [0.15, 0.2) is 0 Å². The van der Waals surface area contributed by atoms with Gasteiger partial charge in [-0.2, -0.15) is 0 Å². The summed E-state index contributed by atoms with van der Waals surface area (Å²) in [4.78, 5) is 6.69. The van der Waals surface area contributed by atoms with Gasteiger partial charge in [-0.25, -0.2) is 13.4 Å². The molecule has 0 amide bonds. The highest BCUT2D eigenvalue weighted by atomic mass is 32.2. The van der Waals surface area contributed by atoms with Crippen molar-refractivity contribution in [3.8, 4) is 0 Å². The van der Waals surface area contributed by atoms with Crippen molar-refractivity contribution in [2.24, 2.45) is 11.8 Å². The molecular formula is C20H37N3O3S. The standard InChI is InChI=1S/C20H37N3O3S/c1-4-5-10-23-19(15-22-11-8-18(16-24)9-12-22)14-21-20(23)27(25,26)13-6-7-17(2)3/h14,17-18,24H,4-13,15-16H2,1-3H3. The van der Waals surface area contributed by atoms with Crippen LogP contribution in [0.3, 0.4) is 0 Å². The number of hydrogen-bond acceptors (Lipinski definition) is 5. The van der Waals surface area contributed by atoms with Gasteiger partial charge < -0.3 is 9.67 Å². The van der Waals surface area contributed by atoms with Crippen LogP contribution >= 0.6 is 0 Å². The van der Waals surface area contributed by atoms with Crippen molar-refractivity contribution in [1.82, 2.24) is 14.5 Å². The van der Waals surface area contributed by atoms with E-state index in [9.17, 15) is 13.5 Å². The van der Waals surface area contributed by atoms with Gasteiger partial charge in [-0.05, 0) is 57.0 Å². The van der Waals surface area contributed by atoms with E-state index in [-0.39, 0.29) is 17.5 Å². The van der Waals surface area contributed by atoms with Gasteiger partial charge in [0.25, 0.3) is 0 Å². The molecular weight excluding hydrogens is 362 g/mol.